The van der Waals surface area contributed by atoms with Gasteiger partial charge in [-0.25, -0.2) is 0 Å². The van der Waals surface area contributed by atoms with E-state index in [4.69, 9.17) is 0 Å². The number of hydrogen-bond acceptors (Lipinski definition) is 3. The van der Waals surface area contributed by atoms with E-state index in [9.17, 15) is 0 Å². The van der Waals surface area contributed by atoms with Gasteiger partial charge < -0.3 is 9.80 Å². The molecule has 0 amide bonds. The Labute approximate surface area is 210 Å². The van der Waals surface area contributed by atoms with E-state index in [1.165, 1.54) is 53.7 Å². The maximum absolute atomic E-state index is 2.58. The third-order valence-corrected chi connectivity index (χ3v) is 8.77. The van der Waals surface area contributed by atoms with E-state index in [2.05, 4.69) is 121 Å². The number of allylic oxidation sites excluding steroid dienone is 4. The van der Waals surface area contributed by atoms with Gasteiger partial charge in [0.15, 0.2) is 0 Å². The number of benzene rings is 3. The second kappa shape index (κ2) is 8.00. The smallest absolute Gasteiger partial charge is 0.0737 e. The minimum absolute atomic E-state index is 0.300. The van der Waals surface area contributed by atoms with Crippen LogP contribution in [0.2, 0.25) is 0 Å². The molecule has 7 rings (SSSR count). The molecule has 35 heavy (non-hydrogen) atoms. The minimum Gasteiger partial charge on any atom is -0.365 e. The van der Waals surface area contributed by atoms with E-state index in [1.54, 1.807) is 0 Å². The SMILES string of the molecule is CC1=CC2c3cc4c(cc3[C@@H](CN3CC(C)=CC=C3c3ccccc3)N2C=C1)sc1ccccc14. The zero-order valence-corrected chi connectivity index (χ0v) is 20.9. The van der Waals surface area contributed by atoms with Crippen LogP contribution in [-0.2, 0) is 0 Å². The van der Waals surface area contributed by atoms with Crippen LogP contribution >= 0.6 is 11.3 Å². The molecule has 3 aliphatic rings. The molecule has 1 unspecified atom stereocenters. The largest absolute Gasteiger partial charge is 0.365 e. The summed E-state index contributed by atoms with van der Waals surface area (Å²) in [5, 5.41) is 2.77. The van der Waals surface area contributed by atoms with Gasteiger partial charge in [-0.3, -0.25) is 0 Å². The van der Waals surface area contributed by atoms with E-state index >= 15 is 0 Å². The molecule has 4 heterocycles. The molecule has 4 aromatic rings. The van der Waals surface area contributed by atoms with Gasteiger partial charge in [-0.1, -0.05) is 71.8 Å². The molecule has 0 fully saturated rings. The first-order chi connectivity index (χ1) is 17.2. The standard InChI is InChI=1S/C32H28N2S/c1-21-14-15-34-29(16-21)25-17-27-24-10-6-7-11-31(24)35-32(27)18-26(25)30(34)20-33-19-22(2)12-13-28(33)23-8-4-3-5-9-23/h3-18,29-30H,19-20H2,1-2H3/t29?,30-/m1/s1. The molecule has 3 aliphatic heterocycles. The highest BCUT2D eigenvalue weighted by molar-refractivity contribution is 7.25. The van der Waals surface area contributed by atoms with Crippen molar-refractivity contribution >= 4 is 37.2 Å². The fourth-order valence-corrected chi connectivity index (χ4v) is 7.10. The minimum atomic E-state index is 0.300. The van der Waals surface area contributed by atoms with Crippen LogP contribution in [0.1, 0.15) is 42.6 Å². The first kappa shape index (κ1) is 20.8. The van der Waals surface area contributed by atoms with Crippen LogP contribution in [0, 0.1) is 0 Å². The number of thiophene rings is 1. The third kappa shape index (κ3) is 3.37. The lowest BCUT2D eigenvalue weighted by Gasteiger charge is -2.37. The fourth-order valence-electron chi connectivity index (χ4n) is 5.96. The van der Waals surface area contributed by atoms with Crippen LogP contribution < -0.4 is 0 Å². The van der Waals surface area contributed by atoms with E-state index in [1.807, 2.05) is 11.3 Å². The summed E-state index contributed by atoms with van der Waals surface area (Å²) in [6, 6.07) is 25.3. The molecule has 0 aliphatic carbocycles. The van der Waals surface area contributed by atoms with Gasteiger partial charge in [0.05, 0.1) is 12.1 Å². The predicted octanol–water partition coefficient (Wildman–Crippen LogP) is 8.23. The van der Waals surface area contributed by atoms with E-state index in [-0.39, 0.29) is 0 Å². The van der Waals surface area contributed by atoms with Gasteiger partial charge in [0.25, 0.3) is 0 Å². The molecular weight excluding hydrogens is 444 g/mol. The van der Waals surface area contributed by atoms with Crippen LogP contribution in [-0.4, -0.2) is 22.9 Å². The average Bonchev–Trinajstić information content (AvgIpc) is 3.38. The van der Waals surface area contributed by atoms with Gasteiger partial charge in [0, 0.05) is 45.2 Å². The Morgan fingerprint density at radius 1 is 0.857 bits per heavy atom. The number of fused-ring (bicyclic) bond motifs is 6. The quantitative estimate of drug-likeness (QED) is 0.296. The Hall–Kier alpha value is -3.56. The molecule has 172 valence electrons. The van der Waals surface area contributed by atoms with Gasteiger partial charge in [-0.05, 0) is 60.9 Å². The van der Waals surface area contributed by atoms with Gasteiger partial charge in [0.2, 0.25) is 0 Å². The van der Waals surface area contributed by atoms with Gasteiger partial charge in [-0.2, -0.15) is 0 Å². The molecule has 0 saturated carbocycles. The maximum Gasteiger partial charge on any atom is 0.0737 e. The predicted molar refractivity (Wildman–Crippen MR) is 149 cm³/mol. The second-order valence-electron chi connectivity index (χ2n) is 10.0. The Kier molecular flexibility index (Phi) is 4.75. The van der Waals surface area contributed by atoms with Crippen molar-refractivity contribution in [1.29, 1.82) is 0 Å². The summed E-state index contributed by atoms with van der Waals surface area (Å²) in [7, 11) is 0. The Morgan fingerprint density at radius 2 is 1.69 bits per heavy atom. The molecule has 0 saturated heterocycles. The number of nitrogens with zero attached hydrogens (tertiary/aromatic N) is 2. The van der Waals surface area contributed by atoms with E-state index in [0.29, 0.717) is 12.1 Å². The zero-order valence-electron chi connectivity index (χ0n) is 20.1. The summed E-state index contributed by atoms with van der Waals surface area (Å²) in [4.78, 5) is 5.16. The molecule has 0 radical (unpaired) electrons. The Morgan fingerprint density at radius 3 is 2.57 bits per heavy atom. The molecule has 0 N–H and O–H groups in total. The Bertz CT molecular complexity index is 1580. The van der Waals surface area contributed by atoms with Crippen molar-refractivity contribution in [2.45, 2.75) is 25.9 Å². The second-order valence-corrected chi connectivity index (χ2v) is 11.1. The molecule has 1 aromatic heterocycles. The monoisotopic (exact) mass is 472 g/mol. The molecule has 2 atom stereocenters. The van der Waals surface area contributed by atoms with Crippen molar-refractivity contribution in [3.8, 4) is 0 Å². The zero-order chi connectivity index (χ0) is 23.5. The first-order valence-corrected chi connectivity index (χ1v) is 13.2. The lowest BCUT2D eigenvalue weighted by atomic mass is 9.97. The molecule has 3 aromatic carbocycles. The lowest BCUT2D eigenvalue weighted by Crippen LogP contribution is -2.35. The van der Waals surface area contributed by atoms with Crippen LogP contribution in [0.5, 0.6) is 0 Å². The summed E-state index contributed by atoms with van der Waals surface area (Å²) in [5.74, 6) is 0. The van der Waals surface area contributed by atoms with Crippen molar-refractivity contribution in [2.75, 3.05) is 13.1 Å². The number of rotatable bonds is 3. The highest BCUT2D eigenvalue weighted by atomic mass is 32.1. The van der Waals surface area contributed by atoms with Crippen molar-refractivity contribution in [2.24, 2.45) is 0 Å². The highest BCUT2D eigenvalue weighted by Gasteiger charge is 2.38. The summed E-state index contributed by atoms with van der Waals surface area (Å²) >= 11 is 1.92. The van der Waals surface area contributed by atoms with Crippen molar-refractivity contribution < 1.29 is 0 Å². The van der Waals surface area contributed by atoms with Gasteiger partial charge in [0.1, 0.15) is 0 Å². The molecule has 2 nitrogen and oxygen atoms in total. The Balaban J connectivity index is 1.35. The van der Waals surface area contributed by atoms with Crippen LogP contribution in [0.4, 0.5) is 0 Å². The van der Waals surface area contributed by atoms with E-state index < -0.39 is 0 Å². The summed E-state index contributed by atoms with van der Waals surface area (Å²) < 4.78 is 2.77. The summed E-state index contributed by atoms with van der Waals surface area (Å²) in [6.45, 7) is 6.39. The van der Waals surface area contributed by atoms with Crippen molar-refractivity contribution in [1.82, 2.24) is 9.80 Å². The fraction of sp³-hybridized carbons (Fsp3) is 0.188. The number of hydrogen-bond donors (Lipinski definition) is 0. The highest BCUT2D eigenvalue weighted by Crippen LogP contribution is 2.49. The first-order valence-electron chi connectivity index (χ1n) is 12.4. The van der Waals surface area contributed by atoms with Crippen molar-refractivity contribution in [3.63, 3.8) is 0 Å². The molecule has 3 heteroatoms. The third-order valence-electron chi connectivity index (χ3n) is 7.64. The molecule has 0 bridgehead atoms. The summed E-state index contributed by atoms with van der Waals surface area (Å²) in [5.41, 5.74) is 8.29. The van der Waals surface area contributed by atoms with Gasteiger partial charge >= 0.3 is 0 Å². The average molecular weight is 473 g/mol. The van der Waals surface area contributed by atoms with Crippen LogP contribution in [0.3, 0.4) is 0 Å². The molecule has 0 spiro atoms. The van der Waals surface area contributed by atoms with Crippen LogP contribution in [0.15, 0.2) is 108 Å². The summed E-state index contributed by atoms with van der Waals surface area (Å²) in [6.07, 6.45) is 11.6. The lowest BCUT2D eigenvalue weighted by molar-refractivity contribution is 0.223. The van der Waals surface area contributed by atoms with E-state index in [0.717, 1.165) is 13.1 Å². The molecular formula is C32H28N2S. The van der Waals surface area contributed by atoms with Crippen LogP contribution in [0.25, 0.3) is 25.9 Å². The van der Waals surface area contributed by atoms with Crippen molar-refractivity contribution in [3.05, 3.63) is 125 Å². The topological polar surface area (TPSA) is 6.48 Å². The van der Waals surface area contributed by atoms with Gasteiger partial charge in [-0.15, -0.1) is 11.3 Å². The maximum atomic E-state index is 2.58. The normalized spacial score (nSPS) is 21.1.